The molecule has 1 aliphatic rings. The molecular formula is C14H16BrF2NO. The van der Waals surface area contributed by atoms with Crippen molar-refractivity contribution in [1.29, 1.82) is 0 Å². The summed E-state index contributed by atoms with van der Waals surface area (Å²) in [6, 6.07) is 3.79. The Balaban J connectivity index is 2.12. The molecule has 1 aliphatic carbocycles. The molecule has 1 unspecified atom stereocenters. The van der Waals surface area contributed by atoms with Crippen LogP contribution >= 0.6 is 15.9 Å². The molecule has 1 amide bonds. The average molecular weight is 332 g/mol. The summed E-state index contributed by atoms with van der Waals surface area (Å²) in [6.07, 6.45) is -0.274. The van der Waals surface area contributed by atoms with E-state index in [1.807, 2.05) is 26.0 Å². The number of rotatable bonds is 2. The Bertz CT molecular complexity index is 493. The van der Waals surface area contributed by atoms with Crippen LogP contribution in [0.3, 0.4) is 0 Å². The highest BCUT2D eigenvalue weighted by molar-refractivity contribution is 9.10. The normalized spacial score (nSPS) is 21.4. The number of anilines is 1. The number of hydrogen-bond acceptors (Lipinski definition) is 1. The summed E-state index contributed by atoms with van der Waals surface area (Å²) >= 11 is 3.38. The largest absolute Gasteiger partial charge is 0.325 e. The van der Waals surface area contributed by atoms with Gasteiger partial charge in [-0.2, -0.15) is 0 Å². The van der Waals surface area contributed by atoms with Crippen LogP contribution in [0.5, 0.6) is 0 Å². The molecule has 1 N–H and O–H groups in total. The number of halogens is 3. The van der Waals surface area contributed by atoms with E-state index in [1.54, 1.807) is 0 Å². The van der Waals surface area contributed by atoms with Gasteiger partial charge in [-0.05, 0) is 43.5 Å². The van der Waals surface area contributed by atoms with Crippen molar-refractivity contribution in [3.05, 3.63) is 27.7 Å². The Morgan fingerprint density at radius 2 is 1.95 bits per heavy atom. The first-order chi connectivity index (χ1) is 8.78. The summed E-state index contributed by atoms with van der Waals surface area (Å²) in [6.45, 7) is 3.77. The van der Waals surface area contributed by atoms with E-state index >= 15 is 0 Å². The van der Waals surface area contributed by atoms with Crippen molar-refractivity contribution in [2.75, 3.05) is 5.32 Å². The molecule has 0 bridgehead atoms. The van der Waals surface area contributed by atoms with E-state index in [0.29, 0.717) is 0 Å². The maximum absolute atomic E-state index is 13.1. The second-order valence-corrected chi connectivity index (χ2v) is 6.12. The number of carbonyl (C=O) groups is 1. The van der Waals surface area contributed by atoms with Crippen LogP contribution in [0.2, 0.25) is 0 Å². The SMILES string of the molecule is Cc1cc(Br)cc(C)c1NC(=O)C1CCC(F)(F)C1. The summed E-state index contributed by atoms with van der Waals surface area (Å²) < 4.78 is 27.2. The third kappa shape index (κ3) is 3.32. The smallest absolute Gasteiger partial charge is 0.248 e. The van der Waals surface area contributed by atoms with Gasteiger partial charge in [-0.25, -0.2) is 8.78 Å². The molecule has 19 heavy (non-hydrogen) atoms. The summed E-state index contributed by atoms with van der Waals surface area (Å²) in [4.78, 5) is 12.0. The number of hydrogen-bond donors (Lipinski definition) is 1. The lowest BCUT2D eigenvalue weighted by atomic mass is 10.1. The van der Waals surface area contributed by atoms with Crippen LogP contribution < -0.4 is 5.32 Å². The van der Waals surface area contributed by atoms with Gasteiger partial charge < -0.3 is 5.32 Å². The third-order valence-corrected chi connectivity index (χ3v) is 3.98. The van der Waals surface area contributed by atoms with Gasteiger partial charge in [0.15, 0.2) is 0 Å². The van der Waals surface area contributed by atoms with Crippen molar-refractivity contribution in [3.63, 3.8) is 0 Å². The summed E-state index contributed by atoms with van der Waals surface area (Å²) in [5.74, 6) is -3.57. The second kappa shape index (κ2) is 5.19. The number of alkyl halides is 2. The lowest BCUT2D eigenvalue weighted by molar-refractivity contribution is -0.120. The highest BCUT2D eigenvalue weighted by Gasteiger charge is 2.42. The predicted molar refractivity (Wildman–Crippen MR) is 74.5 cm³/mol. The molecule has 0 heterocycles. The van der Waals surface area contributed by atoms with Gasteiger partial charge in [0.2, 0.25) is 11.8 Å². The van der Waals surface area contributed by atoms with E-state index in [1.165, 1.54) is 0 Å². The first-order valence-corrected chi connectivity index (χ1v) is 7.03. The van der Waals surface area contributed by atoms with Crippen LogP contribution in [0.15, 0.2) is 16.6 Å². The quantitative estimate of drug-likeness (QED) is 0.852. The molecule has 0 spiro atoms. The standard InChI is InChI=1S/C14H16BrF2NO/c1-8-5-11(15)6-9(2)12(8)18-13(19)10-3-4-14(16,17)7-10/h5-6,10H,3-4,7H2,1-2H3,(H,18,19). The number of benzene rings is 1. The van der Waals surface area contributed by atoms with Crippen molar-refractivity contribution >= 4 is 27.5 Å². The number of aryl methyl sites for hydroxylation is 2. The monoisotopic (exact) mass is 331 g/mol. The highest BCUT2D eigenvalue weighted by atomic mass is 79.9. The third-order valence-electron chi connectivity index (χ3n) is 3.52. The zero-order valence-corrected chi connectivity index (χ0v) is 12.5. The minimum Gasteiger partial charge on any atom is -0.325 e. The van der Waals surface area contributed by atoms with Crippen LogP contribution in [-0.2, 0) is 4.79 Å². The fourth-order valence-corrected chi connectivity index (χ4v) is 3.19. The van der Waals surface area contributed by atoms with Gasteiger partial charge in [-0.15, -0.1) is 0 Å². The van der Waals surface area contributed by atoms with Crippen LogP contribution in [0.25, 0.3) is 0 Å². The Hall–Kier alpha value is -0.970. The first-order valence-electron chi connectivity index (χ1n) is 6.24. The topological polar surface area (TPSA) is 29.1 Å². The molecule has 1 aromatic carbocycles. The van der Waals surface area contributed by atoms with E-state index in [2.05, 4.69) is 21.2 Å². The molecule has 5 heteroatoms. The number of nitrogens with one attached hydrogen (secondary N) is 1. The number of amides is 1. The zero-order valence-electron chi connectivity index (χ0n) is 10.9. The van der Waals surface area contributed by atoms with Gasteiger partial charge in [-0.3, -0.25) is 4.79 Å². The Morgan fingerprint density at radius 3 is 2.42 bits per heavy atom. The van der Waals surface area contributed by atoms with Crippen molar-refractivity contribution < 1.29 is 13.6 Å². The van der Waals surface area contributed by atoms with Crippen LogP contribution in [-0.4, -0.2) is 11.8 Å². The maximum Gasteiger partial charge on any atom is 0.248 e. The molecule has 2 rings (SSSR count). The van der Waals surface area contributed by atoms with Gasteiger partial charge in [0.1, 0.15) is 0 Å². The van der Waals surface area contributed by atoms with Gasteiger partial charge in [-0.1, -0.05) is 15.9 Å². The molecule has 1 saturated carbocycles. The Labute approximate surface area is 119 Å². The van der Waals surface area contributed by atoms with Gasteiger partial charge in [0.25, 0.3) is 0 Å². The maximum atomic E-state index is 13.1. The van der Waals surface area contributed by atoms with E-state index in [0.717, 1.165) is 21.3 Å². The Morgan fingerprint density at radius 1 is 1.37 bits per heavy atom. The van der Waals surface area contributed by atoms with E-state index in [-0.39, 0.29) is 25.2 Å². The minimum atomic E-state index is -2.69. The van der Waals surface area contributed by atoms with Crippen LogP contribution in [0, 0.1) is 19.8 Å². The van der Waals surface area contributed by atoms with E-state index in [9.17, 15) is 13.6 Å². The molecule has 1 aromatic rings. The van der Waals surface area contributed by atoms with E-state index in [4.69, 9.17) is 0 Å². The van der Waals surface area contributed by atoms with Crippen molar-refractivity contribution in [2.24, 2.45) is 5.92 Å². The molecule has 0 aromatic heterocycles. The van der Waals surface area contributed by atoms with Crippen LogP contribution in [0.4, 0.5) is 14.5 Å². The average Bonchev–Trinajstić information content (AvgIpc) is 2.64. The molecular weight excluding hydrogens is 316 g/mol. The van der Waals surface area contributed by atoms with Crippen molar-refractivity contribution in [2.45, 2.75) is 39.0 Å². The summed E-state index contributed by atoms with van der Waals surface area (Å²) in [5.41, 5.74) is 2.57. The molecule has 1 fully saturated rings. The molecule has 1 atom stereocenters. The lowest BCUT2D eigenvalue weighted by Gasteiger charge is -2.15. The molecule has 104 valence electrons. The minimum absolute atomic E-state index is 0.191. The molecule has 2 nitrogen and oxygen atoms in total. The zero-order chi connectivity index (χ0) is 14.2. The van der Waals surface area contributed by atoms with Crippen LogP contribution in [0.1, 0.15) is 30.4 Å². The predicted octanol–water partition coefficient (Wildman–Crippen LogP) is 4.44. The van der Waals surface area contributed by atoms with Gasteiger partial charge >= 0.3 is 0 Å². The molecule has 0 radical (unpaired) electrons. The Kier molecular flexibility index (Phi) is 3.95. The summed E-state index contributed by atoms with van der Waals surface area (Å²) in [7, 11) is 0. The molecule has 0 aliphatic heterocycles. The summed E-state index contributed by atoms with van der Waals surface area (Å²) in [5, 5.41) is 2.79. The highest BCUT2D eigenvalue weighted by Crippen LogP contribution is 2.39. The fraction of sp³-hybridized carbons (Fsp3) is 0.500. The molecule has 0 saturated heterocycles. The van der Waals surface area contributed by atoms with Gasteiger partial charge in [0, 0.05) is 28.9 Å². The second-order valence-electron chi connectivity index (χ2n) is 5.20. The lowest BCUT2D eigenvalue weighted by Crippen LogP contribution is -2.23. The van der Waals surface area contributed by atoms with Gasteiger partial charge in [0.05, 0.1) is 0 Å². The van der Waals surface area contributed by atoms with E-state index < -0.39 is 11.8 Å². The van der Waals surface area contributed by atoms with Crippen molar-refractivity contribution in [1.82, 2.24) is 0 Å². The number of carbonyl (C=O) groups excluding carboxylic acids is 1. The fourth-order valence-electron chi connectivity index (χ4n) is 2.51. The van der Waals surface area contributed by atoms with Crippen molar-refractivity contribution in [3.8, 4) is 0 Å². The first kappa shape index (κ1) is 14.4.